The predicted molar refractivity (Wildman–Crippen MR) is 87.6 cm³/mol. The third-order valence-corrected chi connectivity index (χ3v) is 4.35. The van der Waals surface area contributed by atoms with E-state index in [2.05, 4.69) is 32.9 Å². The smallest absolute Gasteiger partial charge is 0.202 e. The van der Waals surface area contributed by atoms with Crippen LogP contribution in [0.2, 0.25) is 0 Å². The Morgan fingerprint density at radius 2 is 1.71 bits per heavy atom. The van der Waals surface area contributed by atoms with Crippen molar-refractivity contribution in [1.82, 2.24) is 0 Å². The van der Waals surface area contributed by atoms with Crippen LogP contribution < -0.4 is 4.74 Å². The molecule has 1 unspecified atom stereocenters. The van der Waals surface area contributed by atoms with Gasteiger partial charge in [0.25, 0.3) is 0 Å². The van der Waals surface area contributed by atoms with Crippen LogP contribution in [0, 0.1) is 18.8 Å². The highest BCUT2D eigenvalue weighted by molar-refractivity contribution is 5.26. The zero-order chi connectivity index (χ0) is 15.1. The minimum absolute atomic E-state index is 0.142. The Kier molecular flexibility index (Phi) is 6.56. The Morgan fingerprint density at radius 3 is 2.33 bits per heavy atom. The molecule has 2 heteroatoms. The van der Waals surface area contributed by atoms with Crippen LogP contribution in [-0.2, 0) is 4.74 Å². The molecule has 0 saturated heterocycles. The lowest BCUT2D eigenvalue weighted by Crippen LogP contribution is -2.27. The van der Waals surface area contributed by atoms with E-state index in [1.54, 1.807) is 0 Å². The first-order valence-electron chi connectivity index (χ1n) is 8.50. The van der Waals surface area contributed by atoms with Crippen LogP contribution in [0.3, 0.4) is 0 Å². The Hall–Kier alpha value is -1.02. The average Bonchev–Trinajstić information content (AvgIpc) is 2.49. The van der Waals surface area contributed by atoms with E-state index in [-0.39, 0.29) is 6.29 Å². The van der Waals surface area contributed by atoms with Crippen molar-refractivity contribution in [3.63, 3.8) is 0 Å². The standard InChI is InChI=1S/C19H30O2/c1-15(2)19(21-18-11-9-16(3)10-12-18)20-14-13-17-7-5-4-6-8-17/h9-12,15,17,19H,4-8,13-14H2,1-3H3. The zero-order valence-corrected chi connectivity index (χ0v) is 13.8. The van der Waals surface area contributed by atoms with E-state index in [4.69, 9.17) is 9.47 Å². The van der Waals surface area contributed by atoms with E-state index in [0.29, 0.717) is 5.92 Å². The molecule has 2 nitrogen and oxygen atoms in total. The van der Waals surface area contributed by atoms with Crippen LogP contribution in [0.1, 0.15) is 57.9 Å². The molecule has 0 heterocycles. The van der Waals surface area contributed by atoms with Crippen LogP contribution >= 0.6 is 0 Å². The van der Waals surface area contributed by atoms with Gasteiger partial charge < -0.3 is 9.47 Å². The highest BCUT2D eigenvalue weighted by atomic mass is 16.7. The first-order chi connectivity index (χ1) is 10.1. The molecule has 0 aliphatic heterocycles. The molecular formula is C19H30O2. The fourth-order valence-corrected chi connectivity index (χ4v) is 2.94. The molecule has 1 aromatic rings. The lowest BCUT2D eigenvalue weighted by Gasteiger charge is -2.25. The second-order valence-electron chi connectivity index (χ2n) is 6.71. The van der Waals surface area contributed by atoms with Crippen LogP contribution in [0.4, 0.5) is 0 Å². The highest BCUT2D eigenvalue weighted by Crippen LogP contribution is 2.26. The van der Waals surface area contributed by atoms with Crippen molar-refractivity contribution in [3.8, 4) is 5.75 Å². The van der Waals surface area contributed by atoms with Crippen molar-refractivity contribution in [2.45, 2.75) is 65.6 Å². The van der Waals surface area contributed by atoms with Gasteiger partial charge in [0.05, 0.1) is 6.61 Å². The molecule has 0 bridgehead atoms. The largest absolute Gasteiger partial charge is 0.465 e. The quantitative estimate of drug-likeness (QED) is 0.631. The topological polar surface area (TPSA) is 18.5 Å². The molecule has 2 rings (SSSR count). The van der Waals surface area contributed by atoms with E-state index < -0.39 is 0 Å². The Balaban J connectivity index is 1.77. The molecule has 1 saturated carbocycles. The summed E-state index contributed by atoms with van der Waals surface area (Å²) < 4.78 is 12.0. The third-order valence-electron chi connectivity index (χ3n) is 4.35. The van der Waals surface area contributed by atoms with Gasteiger partial charge in [-0.05, 0) is 31.4 Å². The van der Waals surface area contributed by atoms with E-state index in [1.807, 2.05) is 12.1 Å². The van der Waals surface area contributed by atoms with Gasteiger partial charge in [-0.2, -0.15) is 0 Å². The summed E-state index contributed by atoms with van der Waals surface area (Å²) in [6, 6.07) is 8.20. The summed E-state index contributed by atoms with van der Waals surface area (Å²) in [4.78, 5) is 0. The first-order valence-corrected chi connectivity index (χ1v) is 8.50. The molecule has 1 aliphatic carbocycles. The van der Waals surface area contributed by atoms with Gasteiger partial charge in [-0.1, -0.05) is 63.6 Å². The maximum Gasteiger partial charge on any atom is 0.202 e. The second-order valence-corrected chi connectivity index (χ2v) is 6.71. The second kappa shape index (κ2) is 8.43. The van der Waals surface area contributed by atoms with Crippen molar-refractivity contribution in [1.29, 1.82) is 0 Å². The van der Waals surface area contributed by atoms with Crippen molar-refractivity contribution in [2.24, 2.45) is 11.8 Å². The van der Waals surface area contributed by atoms with E-state index in [0.717, 1.165) is 18.3 Å². The number of rotatable bonds is 7. The van der Waals surface area contributed by atoms with Crippen LogP contribution in [0.5, 0.6) is 5.75 Å². The highest BCUT2D eigenvalue weighted by Gasteiger charge is 2.18. The molecule has 118 valence electrons. The van der Waals surface area contributed by atoms with Gasteiger partial charge >= 0.3 is 0 Å². The van der Waals surface area contributed by atoms with Gasteiger partial charge in [0.1, 0.15) is 5.75 Å². The van der Waals surface area contributed by atoms with Crippen LogP contribution in [0.15, 0.2) is 24.3 Å². The molecule has 1 atom stereocenters. The third kappa shape index (κ3) is 5.70. The summed E-state index contributed by atoms with van der Waals surface area (Å²) in [5, 5.41) is 0. The normalized spacial score (nSPS) is 17.9. The molecule has 0 aromatic heterocycles. The molecule has 0 amide bonds. The van der Waals surface area contributed by atoms with Crippen molar-refractivity contribution >= 4 is 0 Å². The maximum absolute atomic E-state index is 6.02. The lowest BCUT2D eigenvalue weighted by atomic mass is 9.87. The molecule has 0 spiro atoms. The van der Waals surface area contributed by atoms with Crippen molar-refractivity contribution in [3.05, 3.63) is 29.8 Å². The monoisotopic (exact) mass is 290 g/mol. The number of benzene rings is 1. The van der Waals surface area contributed by atoms with Gasteiger partial charge in [0.15, 0.2) is 0 Å². The summed E-state index contributed by atoms with van der Waals surface area (Å²) in [6.07, 6.45) is 8.03. The molecule has 1 aliphatic rings. The fraction of sp³-hybridized carbons (Fsp3) is 0.684. The van der Waals surface area contributed by atoms with Crippen molar-refractivity contribution in [2.75, 3.05) is 6.61 Å². The van der Waals surface area contributed by atoms with Gasteiger partial charge in [0.2, 0.25) is 6.29 Å². The lowest BCUT2D eigenvalue weighted by molar-refractivity contribution is -0.111. The predicted octanol–water partition coefficient (Wildman–Crippen LogP) is 5.34. The Bertz CT molecular complexity index is 391. The van der Waals surface area contributed by atoms with E-state index in [9.17, 15) is 0 Å². The summed E-state index contributed by atoms with van der Waals surface area (Å²) in [6.45, 7) is 7.21. The summed E-state index contributed by atoms with van der Waals surface area (Å²) in [7, 11) is 0. The molecular weight excluding hydrogens is 260 g/mol. The van der Waals surface area contributed by atoms with Gasteiger partial charge in [-0.3, -0.25) is 0 Å². The average molecular weight is 290 g/mol. The number of ether oxygens (including phenoxy) is 2. The molecule has 21 heavy (non-hydrogen) atoms. The molecule has 1 aromatic carbocycles. The van der Waals surface area contributed by atoms with Crippen molar-refractivity contribution < 1.29 is 9.47 Å². The number of hydrogen-bond donors (Lipinski definition) is 0. The fourth-order valence-electron chi connectivity index (χ4n) is 2.94. The summed E-state index contributed by atoms with van der Waals surface area (Å²) in [5.41, 5.74) is 1.25. The van der Waals surface area contributed by atoms with Gasteiger partial charge in [-0.25, -0.2) is 0 Å². The minimum Gasteiger partial charge on any atom is -0.465 e. The SMILES string of the molecule is Cc1ccc(OC(OCCC2CCCCC2)C(C)C)cc1. The minimum atomic E-state index is -0.142. The zero-order valence-electron chi connectivity index (χ0n) is 13.8. The Morgan fingerprint density at radius 1 is 1.05 bits per heavy atom. The Labute approximate surface area is 129 Å². The number of aryl methyl sites for hydroxylation is 1. The van der Waals surface area contributed by atoms with Crippen LogP contribution in [-0.4, -0.2) is 12.9 Å². The molecule has 1 fully saturated rings. The summed E-state index contributed by atoms with van der Waals surface area (Å²) in [5.74, 6) is 2.13. The van der Waals surface area contributed by atoms with Crippen LogP contribution in [0.25, 0.3) is 0 Å². The molecule has 0 N–H and O–H groups in total. The van der Waals surface area contributed by atoms with E-state index >= 15 is 0 Å². The summed E-state index contributed by atoms with van der Waals surface area (Å²) >= 11 is 0. The molecule has 0 radical (unpaired) electrons. The van der Waals surface area contributed by atoms with Gasteiger partial charge in [-0.15, -0.1) is 0 Å². The maximum atomic E-state index is 6.02. The number of hydrogen-bond acceptors (Lipinski definition) is 2. The van der Waals surface area contributed by atoms with E-state index in [1.165, 1.54) is 44.1 Å². The van der Waals surface area contributed by atoms with Gasteiger partial charge in [0, 0.05) is 5.92 Å². The first kappa shape index (κ1) is 16.4.